The molecule has 132 valence electrons. The molecule has 0 aromatic carbocycles. The van der Waals surface area contributed by atoms with Crippen LogP contribution < -0.4 is 5.56 Å². The Morgan fingerprint density at radius 3 is 2.96 bits per heavy atom. The molecule has 4 rings (SSSR count). The van der Waals surface area contributed by atoms with E-state index >= 15 is 0 Å². The maximum atomic E-state index is 12.8. The van der Waals surface area contributed by atoms with E-state index in [4.69, 9.17) is 0 Å². The van der Waals surface area contributed by atoms with Crippen molar-refractivity contribution in [1.29, 1.82) is 0 Å². The minimum absolute atomic E-state index is 0.0776. The number of pyridine rings is 1. The van der Waals surface area contributed by atoms with Crippen molar-refractivity contribution in [2.24, 2.45) is 0 Å². The van der Waals surface area contributed by atoms with Crippen molar-refractivity contribution in [3.05, 3.63) is 58.8 Å². The molecular formula is C17H17N7O2. The van der Waals surface area contributed by atoms with Crippen LogP contribution in [0.4, 0.5) is 0 Å². The Bertz CT molecular complexity index is 982. The van der Waals surface area contributed by atoms with Gasteiger partial charge in [-0.2, -0.15) is 5.10 Å². The Hall–Kier alpha value is -3.36. The number of carbonyl (C=O) groups is 1. The zero-order valence-corrected chi connectivity index (χ0v) is 14.2. The van der Waals surface area contributed by atoms with Crippen LogP contribution in [0.1, 0.15) is 24.2 Å². The van der Waals surface area contributed by atoms with Crippen LogP contribution in [0.5, 0.6) is 0 Å². The van der Waals surface area contributed by atoms with Crippen molar-refractivity contribution in [1.82, 2.24) is 34.6 Å². The second-order valence-corrected chi connectivity index (χ2v) is 6.14. The maximum Gasteiger partial charge on any atom is 0.254 e. The molecule has 0 radical (unpaired) electrons. The maximum absolute atomic E-state index is 12.8. The highest BCUT2D eigenvalue weighted by atomic mass is 16.2. The summed E-state index contributed by atoms with van der Waals surface area (Å²) in [5.74, 6) is 0.381. The second-order valence-electron chi connectivity index (χ2n) is 6.14. The monoisotopic (exact) mass is 351 g/mol. The van der Waals surface area contributed by atoms with E-state index in [1.54, 1.807) is 30.3 Å². The Morgan fingerprint density at radius 2 is 2.23 bits per heavy atom. The van der Waals surface area contributed by atoms with Gasteiger partial charge in [-0.25, -0.2) is 14.6 Å². The molecule has 1 atom stereocenters. The van der Waals surface area contributed by atoms with Gasteiger partial charge in [-0.05, 0) is 25.5 Å². The third-order valence-corrected chi connectivity index (χ3v) is 4.51. The van der Waals surface area contributed by atoms with Crippen molar-refractivity contribution >= 4 is 5.91 Å². The molecule has 4 heterocycles. The third-order valence-electron chi connectivity index (χ3n) is 4.51. The van der Waals surface area contributed by atoms with Crippen LogP contribution in [0.15, 0.2) is 42.0 Å². The number of fused-ring (bicyclic) bond motifs is 1. The first-order valence-corrected chi connectivity index (χ1v) is 8.29. The summed E-state index contributed by atoms with van der Waals surface area (Å²) in [5, 5.41) is 4.02. The lowest BCUT2D eigenvalue weighted by atomic mass is 10.1. The number of nitrogens with one attached hydrogen (secondary N) is 1. The van der Waals surface area contributed by atoms with Gasteiger partial charge in [0.05, 0.1) is 12.2 Å². The SMILES string of the molecule is C[C@H](C(=O)N1CCc2c(nc(-c3cccnc3)[nH]c2=O)C1)n1cncn1. The summed E-state index contributed by atoms with van der Waals surface area (Å²) in [6.07, 6.45) is 6.69. The fraction of sp³-hybridized carbons (Fsp3) is 0.294. The lowest BCUT2D eigenvalue weighted by Gasteiger charge is -2.30. The predicted molar refractivity (Wildman–Crippen MR) is 91.9 cm³/mol. The molecule has 1 N–H and O–H groups in total. The summed E-state index contributed by atoms with van der Waals surface area (Å²) >= 11 is 0. The average Bonchev–Trinajstić information content (AvgIpc) is 3.22. The van der Waals surface area contributed by atoms with E-state index in [1.165, 1.54) is 17.3 Å². The highest BCUT2D eigenvalue weighted by Crippen LogP contribution is 2.20. The number of hydrogen-bond donors (Lipinski definition) is 1. The number of H-pyrrole nitrogens is 1. The van der Waals surface area contributed by atoms with Crippen LogP contribution in [0, 0.1) is 0 Å². The van der Waals surface area contributed by atoms with Gasteiger partial charge in [0, 0.05) is 30.1 Å². The number of hydrogen-bond acceptors (Lipinski definition) is 6. The number of nitrogens with zero attached hydrogens (tertiary/aromatic N) is 6. The van der Waals surface area contributed by atoms with E-state index in [1.807, 2.05) is 6.07 Å². The number of amides is 1. The first-order chi connectivity index (χ1) is 12.6. The number of aromatic nitrogens is 6. The molecule has 9 heteroatoms. The average molecular weight is 351 g/mol. The Labute approximate surface area is 148 Å². The number of aromatic amines is 1. The summed E-state index contributed by atoms with van der Waals surface area (Å²) in [6.45, 7) is 2.55. The van der Waals surface area contributed by atoms with Crippen LogP contribution in [0.3, 0.4) is 0 Å². The minimum atomic E-state index is -0.459. The molecule has 3 aromatic heterocycles. The molecule has 1 aliphatic heterocycles. The van der Waals surface area contributed by atoms with Crippen LogP contribution in [0.2, 0.25) is 0 Å². The summed E-state index contributed by atoms with van der Waals surface area (Å²) in [7, 11) is 0. The molecule has 0 spiro atoms. The Kier molecular flexibility index (Phi) is 4.04. The van der Waals surface area contributed by atoms with Crippen LogP contribution in [-0.2, 0) is 17.8 Å². The normalized spacial score (nSPS) is 14.7. The van der Waals surface area contributed by atoms with Gasteiger partial charge in [0.2, 0.25) is 5.91 Å². The van der Waals surface area contributed by atoms with E-state index in [0.717, 1.165) is 5.56 Å². The van der Waals surface area contributed by atoms with Crippen molar-refractivity contribution in [2.45, 2.75) is 25.9 Å². The quantitative estimate of drug-likeness (QED) is 0.739. The largest absolute Gasteiger partial charge is 0.335 e. The Balaban J connectivity index is 1.63. The summed E-state index contributed by atoms with van der Waals surface area (Å²) < 4.78 is 1.52. The molecule has 0 saturated carbocycles. The van der Waals surface area contributed by atoms with Gasteiger partial charge in [-0.3, -0.25) is 14.6 Å². The van der Waals surface area contributed by atoms with E-state index in [-0.39, 0.29) is 11.5 Å². The summed E-state index contributed by atoms with van der Waals surface area (Å²) in [4.78, 5) is 42.2. The van der Waals surface area contributed by atoms with Crippen molar-refractivity contribution < 1.29 is 4.79 Å². The molecule has 0 aliphatic carbocycles. The standard InChI is InChI=1S/C17H17N7O2/c1-11(24-10-19-9-20-24)17(26)23-6-4-13-14(8-23)21-15(22-16(13)25)12-3-2-5-18-7-12/h2-3,5,7,9-11H,4,6,8H2,1H3,(H,21,22,25)/t11-/m1/s1. The topological polar surface area (TPSA) is 110 Å². The van der Waals surface area contributed by atoms with Crippen molar-refractivity contribution in [3.63, 3.8) is 0 Å². The van der Waals surface area contributed by atoms with Crippen LogP contribution in [0.25, 0.3) is 11.4 Å². The van der Waals surface area contributed by atoms with E-state index < -0.39 is 6.04 Å². The summed E-state index contributed by atoms with van der Waals surface area (Å²) in [6, 6.07) is 3.15. The zero-order chi connectivity index (χ0) is 18.1. The minimum Gasteiger partial charge on any atom is -0.335 e. The van der Waals surface area contributed by atoms with Gasteiger partial charge in [-0.1, -0.05) is 0 Å². The van der Waals surface area contributed by atoms with Crippen LogP contribution >= 0.6 is 0 Å². The fourth-order valence-electron chi connectivity index (χ4n) is 3.06. The molecule has 9 nitrogen and oxygen atoms in total. The Morgan fingerprint density at radius 1 is 1.35 bits per heavy atom. The van der Waals surface area contributed by atoms with Gasteiger partial charge in [0.1, 0.15) is 24.5 Å². The molecule has 26 heavy (non-hydrogen) atoms. The first-order valence-electron chi connectivity index (χ1n) is 8.29. The number of rotatable bonds is 3. The predicted octanol–water partition coefficient (Wildman–Crippen LogP) is 0.569. The van der Waals surface area contributed by atoms with Gasteiger partial charge < -0.3 is 9.88 Å². The molecule has 0 unspecified atom stereocenters. The number of carbonyl (C=O) groups excluding carboxylic acids is 1. The zero-order valence-electron chi connectivity index (χ0n) is 14.2. The molecule has 0 fully saturated rings. The molecule has 0 bridgehead atoms. The lowest BCUT2D eigenvalue weighted by molar-refractivity contribution is -0.135. The van der Waals surface area contributed by atoms with Gasteiger partial charge in [0.25, 0.3) is 5.56 Å². The van der Waals surface area contributed by atoms with E-state index in [0.29, 0.717) is 36.6 Å². The smallest absolute Gasteiger partial charge is 0.254 e. The van der Waals surface area contributed by atoms with Gasteiger partial charge >= 0.3 is 0 Å². The second kappa shape index (κ2) is 6.51. The van der Waals surface area contributed by atoms with E-state index in [9.17, 15) is 9.59 Å². The van der Waals surface area contributed by atoms with E-state index in [2.05, 4.69) is 25.0 Å². The molecule has 0 saturated heterocycles. The van der Waals surface area contributed by atoms with Crippen LogP contribution in [-0.4, -0.2) is 47.1 Å². The highest BCUT2D eigenvalue weighted by molar-refractivity contribution is 5.80. The van der Waals surface area contributed by atoms with Crippen molar-refractivity contribution in [2.75, 3.05) is 6.54 Å². The third kappa shape index (κ3) is 2.87. The first kappa shape index (κ1) is 16.1. The molecular weight excluding hydrogens is 334 g/mol. The molecule has 1 aliphatic rings. The van der Waals surface area contributed by atoms with Gasteiger partial charge in [0.15, 0.2) is 0 Å². The molecule has 3 aromatic rings. The fourth-order valence-corrected chi connectivity index (χ4v) is 3.06. The van der Waals surface area contributed by atoms with Gasteiger partial charge in [-0.15, -0.1) is 0 Å². The summed E-state index contributed by atoms with van der Waals surface area (Å²) in [5.41, 5.74) is 1.82. The molecule has 1 amide bonds. The highest BCUT2D eigenvalue weighted by Gasteiger charge is 2.28. The van der Waals surface area contributed by atoms with Crippen molar-refractivity contribution in [3.8, 4) is 11.4 Å². The lowest BCUT2D eigenvalue weighted by Crippen LogP contribution is -2.42.